The Morgan fingerprint density at radius 3 is 2.38 bits per heavy atom. The van der Waals surface area contributed by atoms with Crippen molar-refractivity contribution in [2.75, 3.05) is 13.1 Å². The van der Waals surface area contributed by atoms with E-state index in [-0.39, 0.29) is 11.9 Å². The maximum Gasteiger partial charge on any atom is 0.234 e. The minimum Gasteiger partial charge on any atom is -0.352 e. The number of hydrogen-bond acceptors (Lipinski definition) is 2. The van der Waals surface area contributed by atoms with Crippen LogP contribution in [0, 0.1) is 11.3 Å². The lowest BCUT2D eigenvalue weighted by molar-refractivity contribution is -0.121. The van der Waals surface area contributed by atoms with Crippen molar-refractivity contribution in [2.24, 2.45) is 11.3 Å². The van der Waals surface area contributed by atoms with Crippen LogP contribution in [-0.4, -0.2) is 25.0 Å². The summed E-state index contributed by atoms with van der Waals surface area (Å²) >= 11 is 0. The van der Waals surface area contributed by atoms with Crippen molar-refractivity contribution in [3.63, 3.8) is 0 Å². The van der Waals surface area contributed by atoms with Gasteiger partial charge in [0, 0.05) is 12.6 Å². The second kappa shape index (κ2) is 5.67. The molecule has 0 aromatic heterocycles. The van der Waals surface area contributed by atoms with Gasteiger partial charge in [-0.25, -0.2) is 0 Å². The Hall–Kier alpha value is -0.570. The molecule has 2 N–H and O–H groups in total. The van der Waals surface area contributed by atoms with Gasteiger partial charge in [0.1, 0.15) is 0 Å². The minimum absolute atomic E-state index is 0.115. The fraction of sp³-hybridized carbons (Fsp3) is 0.923. The summed E-state index contributed by atoms with van der Waals surface area (Å²) in [6.07, 6.45) is 3.93. The Labute approximate surface area is 99.4 Å². The van der Waals surface area contributed by atoms with Gasteiger partial charge >= 0.3 is 0 Å². The quantitative estimate of drug-likeness (QED) is 0.726. The Bertz CT molecular complexity index is 234. The van der Waals surface area contributed by atoms with Gasteiger partial charge in [-0.3, -0.25) is 4.79 Å². The molecule has 0 radical (unpaired) electrons. The lowest BCUT2D eigenvalue weighted by Crippen LogP contribution is -2.44. The van der Waals surface area contributed by atoms with Crippen LogP contribution in [-0.2, 0) is 4.79 Å². The average molecular weight is 226 g/mol. The molecule has 0 spiro atoms. The van der Waals surface area contributed by atoms with Crippen LogP contribution in [0.3, 0.4) is 0 Å². The Balaban J connectivity index is 2.10. The largest absolute Gasteiger partial charge is 0.352 e. The molecule has 1 saturated carbocycles. The molecule has 1 amide bonds. The Kier molecular flexibility index (Phi) is 4.78. The van der Waals surface area contributed by atoms with Gasteiger partial charge in [-0.1, -0.05) is 27.2 Å². The third-order valence-corrected chi connectivity index (χ3v) is 3.79. The Morgan fingerprint density at radius 2 is 1.94 bits per heavy atom. The number of amides is 1. The molecule has 0 bridgehead atoms. The van der Waals surface area contributed by atoms with Crippen LogP contribution in [0.2, 0.25) is 0 Å². The van der Waals surface area contributed by atoms with E-state index in [1.54, 1.807) is 0 Å². The molecular formula is C13H26N2O. The standard InChI is InChI=1S/C13H26N2O/c1-10(2)11(3)15-12(16)8-14-9-13(4)6-5-7-13/h10-11,14H,5-9H2,1-4H3,(H,15,16). The van der Waals surface area contributed by atoms with Crippen LogP contribution in [0.4, 0.5) is 0 Å². The van der Waals surface area contributed by atoms with Crippen LogP contribution in [0.25, 0.3) is 0 Å². The number of nitrogens with one attached hydrogen (secondary N) is 2. The van der Waals surface area contributed by atoms with Crippen LogP contribution in [0.5, 0.6) is 0 Å². The fourth-order valence-corrected chi connectivity index (χ4v) is 1.91. The topological polar surface area (TPSA) is 41.1 Å². The molecule has 94 valence electrons. The summed E-state index contributed by atoms with van der Waals surface area (Å²) in [6, 6.07) is 0.258. The van der Waals surface area contributed by atoms with E-state index in [0.717, 1.165) is 6.54 Å². The summed E-state index contributed by atoms with van der Waals surface area (Å²) in [5.41, 5.74) is 0.448. The normalized spacial score (nSPS) is 20.3. The van der Waals surface area contributed by atoms with Gasteiger partial charge < -0.3 is 10.6 Å². The molecule has 0 aromatic rings. The van der Waals surface area contributed by atoms with Gasteiger partial charge in [-0.15, -0.1) is 0 Å². The number of rotatable bonds is 6. The third kappa shape index (κ3) is 4.12. The first kappa shape index (κ1) is 13.5. The SMILES string of the molecule is CC(C)C(C)NC(=O)CNCC1(C)CCC1. The highest BCUT2D eigenvalue weighted by atomic mass is 16.1. The van der Waals surface area contributed by atoms with Gasteiger partial charge in [0.05, 0.1) is 6.54 Å². The van der Waals surface area contributed by atoms with Crippen molar-refractivity contribution < 1.29 is 4.79 Å². The third-order valence-electron chi connectivity index (χ3n) is 3.79. The van der Waals surface area contributed by atoms with Crippen molar-refractivity contribution >= 4 is 5.91 Å². The van der Waals surface area contributed by atoms with Crippen molar-refractivity contribution in [3.05, 3.63) is 0 Å². The van der Waals surface area contributed by atoms with Gasteiger partial charge in [0.2, 0.25) is 5.91 Å². The van der Waals surface area contributed by atoms with E-state index in [2.05, 4.69) is 38.3 Å². The summed E-state index contributed by atoms with van der Waals surface area (Å²) in [6.45, 7) is 10.00. The molecular weight excluding hydrogens is 200 g/mol. The molecule has 0 saturated heterocycles. The first-order valence-electron chi connectivity index (χ1n) is 6.43. The highest BCUT2D eigenvalue weighted by Gasteiger charge is 2.31. The lowest BCUT2D eigenvalue weighted by Gasteiger charge is -2.38. The second-order valence-electron chi connectivity index (χ2n) is 5.87. The predicted octanol–water partition coefficient (Wildman–Crippen LogP) is 1.93. The molecule has 1 aliphatic carbocycles. The maximum atomic E-state index is 11.6. The summed E-state index contributed by atoms with van der Waals surface area (Å²) in [4.78, 5) is 11.6. The van der Waals surface area contributed by atoms with Crippen LogP contribution < -0.4 is 10.6 Å². The zero-order valence-corrected chi connectivity index (χ0v) is 11.1. The minimum atomic E-state index is 0.115. The molecule has 3 heteroatoms. The first-order valence-corrected chi connectivity index (χ1v) is 6.43. The smallest absolute Gasteiger partial charge is 0.234 e. The fourth-order valence-electron chi connectivity index (χ4n) is 1.91. The van der Waals surface area contributed by atoms with E-state index in [1.165, 1.54) is 19.3 Å². The van der Waals surface area contributed by atoms with Crippen LogP contribution in [0.15, 0.2) is 0 Å². The van der Waals surface area contributed by atoms with E-state index in [9.17, 15) is 4.79 Å². The number of hydrogen-bond donors (Lipinski definition) is 2. The summed E-state index contributed by atoms with van der Waals surface area (Å²) < 4.78 is 0. The molecule has 1 atom stereocenters. The van der Waals surface area contributed by atoms with E-state index >= 15 is 0 Å². The van der Waals surface area contributed by atoms with Crippen molar-refractivity contribution in [1.82, 2.24) is 10.6 Å². The zero-order valence-electron chi connectivity index (χ0n) is 11.1. The highest BCUT2D eigenvalue weighted by molar-refractivity contribution is 5.78. The van der Waals surface area contributed by atoms with E-state index in [0.29, 0.717) is 17.9 Å². The Morgan fingerprint density at radius 1 is 1.31 bits per heavy atom. The van der Waals surface area contributed by atoms with Crippen LogP contribution >= 0.6 is 0 Å². The summed E-state index contributed by atoms with van der Waals surface area (Å²) in [5, 5.41) is 6.26. The van der Waals surface area contributed by atoms with Gasteiger partial charge in [0.15, 0.2) is 0 Å². The molecule has 1 aliphatic rings. The predicted molar refractivity (Wildman–Crippen MR) is 67.3 cm³/mol. The van der Waals surface area contributed by atoms with Crippen molar-refractivity contribution in [3.8, 4) is 0 Å². The second-order valence-corrected chi connectivity index (χ2v) is 5.87. The van der Waals surface area contributed by atoms with E-state index < -0.39 is 0 Å². The van der Waals surface area contributed by atoms with Crippen LogP contribution in [0.1, 0.15) is 47.0 Å². The molecule has 1 fully saturated rings. The average Bonchev–Trinajstić information content (AvgIpc) is 2.14. The molecule has 1 rings (SSSR count). The van der Waals surface area contributed by atoms with E-state index in [4.69, 9.17) is 0 Å². The monoisotopic (exact) mass is 226 g/mol. The highest BCUT2D eigenvalue weighted by Crippen LogP contribution is 2.39. The lowest BCUT2D eigenvalue weighted by atomic mass is 9.70. The summed E-state index contributed by atoms with van der Waals surface area (Å²) in [7, 11) is 0. The van der Waals surface area contributed by atoms with Gasteiger partial charge in [-0.05, 0) is 31.1 Å². The molecule has 0 aliphatic heterocycles. The van der Waals surface area contributed by atoms with Gasteiger partial charge in [0.25, 0.3) is 0 Å². The molecule has 0 heterocycles. The maximum absolute atomic E-state index is 11.6. The number of carbonyl (C=O) groups is 1. The number of carbonyl (C=O) groups excluding carboxylic acids is 1. The van der Waals surface area contributed by atoms with Crippen molar-refractivity contribution in [2.45, 2.75) is 53.0 Å². The molecule has 1 unspecified atom stereocenters. The zero-order chi connectivity index (χ0) is 12.2. The van der Waals surface area contributed by atoms with Gasteiger partial charge in [-0.2, -0.15) is 0 Å². The summed E-state index contributed by atoms with van der Waals surface area (Å²) in [5.74, 6) is 0.609. The molecule has 0 aromatic carbocycles. The van der Waals surface area contributed by atoms with E-state index in [1.807, 2.05) is 0 Å². The molecule has 3 nitrogen and oxygen atoms in total. The first-order chi connectivity index (χ1) is 7.43. The van der Waals surface area contributed by atoms with Crippen molar-refractivity contribution in [1.29, 1.82) is 0 Å². The molecule has 16 heavy (non-hydrogen) atoms.